The van der Waals surface area contributed by atoms with E-state index in [-0.39, 0.29) is 24.0 Å². The van der Waals surface area contributed by atoms with Gasteiger partial charge in [0.25, 0.3) is 11.8 Å². The summed E-state index contributed by atoms with van der Waals surface area (Å²) in [5.41, 5.74) is 1.00. The van der Waals surface area contributed by atoms with Crippen LogP contribution in [0.1, 0.15) is 27.6 Å². The van der Waals surface area contributed by atoms with Crippen molar-refractivity contribution in [2.24, 2.45) is 0 Å². The number of carbonyl (C=O) groups excluding carboxylic acids is 2. The Kier molecular flexibility index (Phi) is 1.88. The zero-order chi connectivity index (χ0) is 11.3. The van der Waals surface area contributed by atoms with Gasteiger partial charge in [-0.3, -0.25) is 14.5 Å². The molecule has 0 bridgehead atoms. The number of nitrogens with zero attached hydrogens (tertiary/aromatic N) is 1. The smallest absolute Gasteiger partial charge is 0.261 e. The molecule has 0 aliphatic carbocycles. The van der Waals surface area contributed by atoms with E-state index in [1.54, 1.807) is 24.3 Å². The van der Waals surface area contributed by atoms with Gasteiger partial charge in [0.2, 0.25) is 0 Å². The van der Waals surface area contributed by atoms with Crippen molar-refractivity contribution < 1.29 is 14.3 Å². The van der Waals surface area contributed by atoms with Crippen molar-refractivity contribution in [3.63, 3.8) is 0 Å². The second-order valence-corrected chi connectivity index (χ2v) is 4.14. The lowest BCUT2D eigenvalue weighted by Gasteiger charge is -2.20. The van der Waals surface area contributed by atoms with Gasteiger partial charge in [-0.2, -0.15) is 0 Å². The summed E-state index contributed by atoms with van der Waals surface area (Å²) in [6.45, 7) is 2.48. The first-order chi connectivity index (χ1) is 7.70. The molecule has 1 saturated heterocycles. The van der Waals surface area contributed by atoms with Crippen LogP contribution in [0.15, 0.2) is 24.3 Å². The molecule has 16 heavy (non-hydrogen) atoms. The lowest BCUT2D eigenvalue weighted by Crippen LogP contribution is -2.41. The maximum absolute atomic E-state index is 12.0. The molecule has 0 saturated carbocycles. The number of imide groups is 1. The molecule has 0 spiro atoms. The number of epoxide rings is 1. The molecule has 3 rings (SSSR count). The summed E-state index contributed by atoms with van der Waals surface area (Å²) in [7, 11) is 0. The van der Waals surface area contributed by atoms with Crippen molar-refractivity contribution in [3.8, 4) is 0 Å². The van der Waals surface area contributed by atoms with Gasteiger partial charge in [-0.15, -0.1) is 0 Å². The van der Waals surface area contributed by atoms with Crippen molar-refractivity contribution in [2.45, 2.75) is 19.1 Å². The Morgan fingerprint density at radius 3 is 2.19 bits per heavy atom. The lowest BCUT2D eigenvalue weighted by atomic mass is 10.1. The van der Waals surface area contributed by atoms with Crippen LogP contribution in [0, 0.1) is 0 Å². The highest BCUT2D eigenvalue weighted by atomic mass is 16.6. The first-order valence-electron chi connectivity index (χ1n) is 5.28. The highest BCUT2D eigenvalue weighted by molar-refractivity contribution is 6.21. The topological polar surface area (TPSA) is 49.9 Å². The summed E-state index contributed by atoms with van der Waals surface area (Å²) < 4.78 is 5.13. The quantitative estimate of drug-likeness (QED) is 0.550. The molecular formula is C12H11NO3. The Morgan fingerprint density at radius 1 is 1.25 bits per heavy atom. The number of benzene rings is 1. The highest BCUT2D eigenvalue weighted by Crippen LogP contribution is 2.28. The van der Waals surface area contributed by atoms with Crippen LogP contribution in [-0.4, -0.2) is 35.5 Å². The zero-order valence-corrected chi connectivity index (χ0v) is 8.84. The Morgan fingerprint density at radius 2 is 1.75 bits per heavy atom. The van der Waals surface area contributed by atoms with Crippen LogP contribution < -0.4 is 0 Å². The van der Waals surface area contributed by atoms with Crippen molar-refractivity contribution in [3.05, 3.63) is 35.4 Å². The van der Waals surface area contributed by atoms with Gasteiger partial charge in [0.1, 0.15) is 6.10 Å². The van der Waals surface area contributed by atoms with Gasteiger partial charge >= 0.3 is 0 Å². The normalized spacial score (nSPS) is 24.6. The van der Waals surface area contributed by atoms with E-state index in [0.29, 0.717) is 17.7 Å². The molecule has 4 nitrogen and oxygen atoms in total. The van der Waals surface area contributed by atoms with Crippen molar-refractivity contribution in [1.82, 2.24) is 4.90 Å². The van der Waals surface area contributed by atoms with Crippen LogP contribution in [-0.2, 0) is 4.74 Å². The van der Waals surface area contributed by atoms with E-state index in [9.17, 15) is 9.59 Å². The highest BCUT2D eigenvalue weighted by Gasteiger charge is 2.44. The Hall–Kier alpha value is -1.68. The minimum absolute atomic E-state index is 0.0159. The molecule has 4 heteroatoms. The molecular weight excluding hydrogens is 206 g/mol. The number of rotatable bonds is 2. The average molecular weight is 217 g/mol. The molecule has 0 unspecified atom stereocenters. The van der Waals surface area contributed by atoms with Gasteiger partial charge in [0, 0.05) is 0 Å². The van der Waals surface area contributed by atoms with Crippen LogP contribution in [0.25, 0.3) is 0 Å². The van der Waals surface area contributed by atoms with Crippen LogP contribution in [0.2, 0.25) is 0 Å². The van der Waals surface area contributed by atoms with E-state index in [2.05, 4.69) is 0 Å². The Labute approximate surface area is 92.8 Å². The molecule has 0 radical (unpaired) electrons. The van der Waals surface area contributed by atoms with Crippen LogP contribution in [0.3, 0.4) is 0 Å². The third-order valence-corrected chi connectivity index (χ3v) is 3.13. The molecule has 2 atom stereocenters. The third-order valence-electron chi connectivity index (χ3n) is 3.13. The number of amides is 2. The maximum Gasteiger partial charge on any atom is 0.261 e. The summed E-state index contributed by atoms with van der Waals surface area (Å²) in [5.74, 6) is -0.410. The fourth-order valence-electron chi connectivity index (χ4n) is 2.08. The van der Waals surface area contributed by atoms with Gasteiger partial charge in [0.05, 0.1) is 23.8 Å². The summed E-state index contributed by atoms with van der Waals surface area (Å²) in [4.78, 5) is 25.4. The predicted molar refractivity (Wildman–Crippen MR) is 56.1 cm³/mol. The third kappa shape index (κ3) is 1.20. The number of hydrogen-bond acceptors (Lipinski definition) is 3. The van der Waals surface area contributed by atoms with Crippen LogP contribution >= 0.6 is 0 Å². The van der Waals surface area contributed by atoms with E-state index in [1.165, 1.54) is 4.90 Å². The monoisotopic (exact) mass is 217 g/mol. The molecule has 2 amide bonds. The molecule has 2 heterocycles. The van der Waals surface area contributed by atoms with E-state index in [1.807, 2.05) is 6.92 Å². The molecule has 2 aliphatic rings. The average Bonchev–Trinajstić information content (AvgIpc) is 3.09. The Balaban J connectivity index is 2.00. The number of carbonyl (C=O) groups is 2. The minimum Gasteiger partial charge on any atom is -0.371 e. The first-order valence-corrected chi connectivity index (χ1v) is 5.28. The molecule has 2 aliphatic heterocycles. The largest absolute Gasteiger partial charge is 0.371 e. The van der Waals surface area contributed by atoms with Gasteiger partial charge in [-0.25, -0.2) is 0 Å². The number of ether oxygens (including phenoxy) is 1. The van der Waals surface area contributed by atoms with Crippen LogP contribution in [0.4, 0.5) is 0 Å². The van der Waals surface area contributed by atoms with Crippen LogP contribution in [0.5, 0.6) is 0 Å². The van der Waals surface area contributed by atoms with Gasteiger partial charge in [0.15, 0.2) is 0 Å². The van der Waals surface area contributed by atoms with E-state index in [0.717, 1.165) is 0 Å². The first kappa shape index (κ1) is 9.54. The molecule has 1 fully saturated rings. The summed E-state index contributed by atoms with van der Waals surface area (Å²) >= 11 is 0. The minimum atomic E-state index is -0.205. The second-order valence-electron chi connectivity index (χ2n) is 4.14. The van der Waals surface area contributed by atoms with Crippen molar-refractivity contribution >= 4 is 11.8 Å². The summed E-state index contributed by atoms with van der Waals surface area (Å²) in [6, 6.07) is 6.75. The van der Waals surface area contributed by atoms with Gasteiger partial charge in [-0.05, 0) is 19.1 Å². The lowest BCUT2D eigenvalue weighted by molar-refractivity contribution is 0.0572. The van der Waals surface area contributed by atoms with Gasteiger partial charge < -0.3 is 4.74 Å². The predicted octanol–water partition coefficient (Wildman–Crippen LogP) is 1.07. The molecule has 1 aromatic carbocycles. The molecule has 0 N–H and O–H groups in total. The molecule has 0 aromatic heterocycles. The fourth-order valence-corrected chi connectivity index (χ4v) is 2.08. The standard InChI is InChI=1S/C12H11NO3/c1-7(10-6-16-10)13-11(14)8-4-2-3-5-9(8)12(13)15/h2-5,7,10H,6H2,1H3/t7-,10-/m1/s1. The summed E-state index contributed by atoms with van der Waals surface area (Å²) in [5, 5.41) is 0. The van der Waals surface area contributed by atoms with E-state index < -0.39 is 0 Å². The SMILES string of the molecule is C[C@H]([C@H]1CO1)N1C(=O)c2ccccc2C1=O. The van der Waals surface area contributed by atoms with Crippen molar-refractivity contribution in [2.75, 3.05) is 6.61 Å². The maximum atomic E-state index is 12.0. The van der Waals surface area contributed by atoms with E-state index >= 15 is 0 Å². The molecule has 82 valence electrons. The zero-order valence-electron chi connectivity index (χ0n) is 8.84. The molecule has 1 aromatic rings. The number of hydrogen-bond donors (Lipinski definition) is 0. The fraction of sp³-hybridized carbons (Fsp3) is 0.333. The second kappa shape index (κ2) is 3.15. The summed E-state index contributed by atoms with van der Waals surface area (Å²) in [6.07, 6.45) is 0.0159. The van der Waals surface area contributed by atoms with Gasteiger partial charge in [-0.1, -0.05) is 12.1 Å². The van der Waals surface area contributed by atoms with Crippen molar-refractivity contribution in [1.29, 1.82) is 0 Å². The van der Waals surface area contributed by atoms with E-state index in [4.69, 9.17) is 4.74 Å². The Bertz CT molecular complexity index is 444. The number of fused-ring (bicyclic) bond motifs is 1.